The smallest absolute Gasteiger partial charge is 0.120 e. The van der Waals surface area contributed by atoms with Crippen LogP contribution in [-0.2, 0) is 4.79 Å². The molecule has 0 N–H and O–H groups in total. The van der Waals surface area contributed by atoms with Crippen molar-refractivity contribution < 1.29 is 4.79 Å². The average Bonchev–Trinajstić information content (AvgIpc) is 2.83. The second-order valence-electron chi connectivity index (χ2n) is 13.2. The van der Waals surface area contributed by atoms with Crippen LogP contribution in [0.2, 0.25) is 0 Å². The Morgan fingerprint density at radius 2 is 0.750 bits per heavy atom. The van der Waals surface area contributed by atoms with Gasteiger partial charge in [-0.25, -0.2) is 0 Å². The number of aldehydes is 1. The molecule has 0 spiro atoms. The summed E-state index contributed by atoms with van der Waals surface area (Å²) in [7, 11) is 0. The summed E-state index contributed by atoms with van der Waals surface area (Å²) in [5.74, 6) is 8.19. The minimum atomic E-state index is 0.793. The molecule has 4 saturated carbocycles. The molecule has 4 aliphatic carbocycles. The largest absolute Gasteiger partial charge is 0.303 e. The van der Waals surface area contributed by atoms with Crippen molar-refractivity contribution >= 4 is 6.29 Å². The Morgan fingerprint density at radius 3 is 1.06 bits per heavy atom. The monoisotopic (exact) mass is 442 g/mol. The van der Waals surface area contributed by atoms with Crippen molar-refractivity contribution in [2.75, 3.05) is 0 Å². The van der Waals surface area contributed by atoms with E-state index < -0.39 is 0 Å². The number of rotatable bonds is 9. The molecule has 0 atom stereocenters. The van der Waals surface area contributed by atoms with Crippen molar-refractivity contribution in [3.8, 4) is 0 Å². The summed E-state index contributed by atoms with van der Waals surface area (Å²) in [5.41, 5.74) is 0. The molecule has 0 saturated heterocycles. The second kappa shape index (κ2) is 12.9. The molecule has 0 bridgehead atoms. The maximum atomic E-state index is 10.6. The molecule has 32 heavy (non-hydrogen) atoms. The van der Waals surface area contributed by atoms with Gasteiger partial charge in [-0.1, -0.05) is 110 Å². The van der Waals surface area contributed by atoms with E-state index in [2.05, 4.69) is 6.92 Å². The van der Waals surface area contributed by atoms with E-state index >= 15 is 0 Å². The lowest BCUT2D eigenvalue weighted by Crippen LogP contribution is -2.24. The summed E-state index contributed by atoms with van der Waals surface area (Å²) >= 11 is 0. The molecule has 4 aliphatic rings. The summed E-state index contributed by atoms with van der Waals surface area (Å²) in [6.07, 6.45) is 31.9. The Morgan fingerprint density at radius 1 is 0.469 bits per heavy atom. The summed E-state index contributed by atoms with van der Waals surface area (Å²) in [4.78, 5) is 10.6. The van der Waals surface area contributed by atoms with Gasteiger partial charge in [0.25, 0.3) is 0 Å². The highest BCUT2D eigenvalue weighted by atomic mass is 16.1. The molecule has 0 unspecified atom stereocenters. The Bertz CT molecular complexity index is 509. The van der Waals surface area contributed by atoms with Gasteiger partial charge in [0.1, 0.15) is 6.29 Å². The highest BCUT2D eigenvalue weighted by Crippen LogP contribution is 2.43. The van der Waals surface area contributed by atoms with E-state index in [1.165, 1.54) is 70.6 Å². The quantitative estimate of drug-likeness (QED) is 0.325. The van der Waals surface area contributed by atoms with Crippen LogP contribution in [0.1, 0.15) is 142 Å². The predicted octanol–water partition coefficient (Wildman–Crippen LogP) is 9.38. The van der Waals surface area contributed by atoms with Crippen LogP contribution in [0.5, 0.6) is 0 Å². The van der Waals surface area contributed by atoms with Gasteiger partial charge in [-0.2, -0.15) is 0 Å². The van der Waals surface area contributed by atoms with Crippen LogP contribution >= 0.6 is 0 Å². The van der Waals surface area contributed by atoms with Crippen LogP contribution in [0, 0.1) is 47.3 Å². The van der Waals surface area contributed by atoms with Gasteiger partial charge in [0.05, 0.1) is 0 Å². The van der Waals surface area contributed by atoms with E-state index in [1.807, 2.05) is 0 Å². The van der Waals surface area contributed by atoms with Crippen LogP contribution in [-0.4, -0.2) is 6.29 Å². The fourth-order valence-electron chi connectivity index (χ4n) is 8.44. The molecule has 184 valence electrons. The van der Waals surface area contributed by atoms with Crippen LogP contribution in [0.25, 0.3) is 0 Å². The molecule has 0 aliphatic heterocycles. The van der Waals surface area contributed by atoms with Crippen LogP contribution < -0.4 is 0 Å². The third-order valence-electron chi connectivity index (χ3n) is 10.7. The fraction of sp³-hybridized carbons (Fsp3) is 0.968. The molecular formula is C31H54O. The third-order valence-corrected chi connectivity index (χ3v) is 10.7. The Balaban J connectivity index is 1.06. The molecular weight excluding hydrogens is 388 g/mol. The van der Waals surface area contributed by atoms with Gasteiger partial charge in [-0.3, -0.25) is 0 Å². The first kappa shape index (κ1) is 24.8. The first-order chi connectivity index (χ1) is 15.7. The highest BCUT2D eigenvalue weighted by molar-refractivity contribution is 5.49. The summed E-state index contributed by atoms with van der Waals surface area (Å²) in [6.45, 7) is 2.46. The van der Waals surface area contributed by atoms with Crippen LogP contribution in [0.3, 0.4) is 0 Å². The molecule has 0 aromatic carbocycles. The lowest BCUT2D eigenvalue weighted by Gasteiger charge is -2.37. The van der Waals surface area contributed by atoms with Gasteiger partial charge in [0, 0.05) is 6.42 Å². The first-order valence-corrected chi connectivity index (χ1v) is 15.1. The summed E-state index contributed by atoms with van der Waals surface area (Å²) < 4.78 is 0. The van der Waals surface area contributed by atoms with Crippen LogP contribution in [0.15, 0.2) is 0 Å². The minimum Gasteiger partial charge on any atom is -0.303 e. The van der Waals surface area contributed by atoms with Crippen molar-refractivity contribution in [3.63, 3.8) is 0 Å². The van der Waals surface area contributed by atoms with Crippen LogP contribution in [0.4, 0.5) is 0 Å². The topological polar surface area (TPSA) is 17.1 Å². The average molecular weight is 443 g/mol. The zero-order valence-electron chi connectivity index (χ0n) is 21.5. The second-order valence-corrected chi connectivity index (χ2v) is 13.2. The minimum absolute atomic E-state index is 0.793. The van der Waals surface area contributed by atoms with Gasteiger partial charge < -0.3 is 4.79 Å². The van der Waals surface area contributed by atoms with Gasteiger partial charge in [-0.15, -0.1) is 0 Å². The molecule has 4 fully saturated rings. The third kappa shape index (κ3) is 7.87. The Hall–Kier alpha value is -0.330. The zero-order chi connectivity index (χ0) is 22.2. The maximum Gasteiger partial charge on any atom is 0.120 e. The van der Waals surface area contributed by atoms with E-state index in [1.54, 1.807) is 51.4 Å². The normalized spacial score (nSPS) is 41.3. The molecule has 0 amide bonds. The molecule has 0 aromatic heterocycles. The number of hydrogen-bond donors (Lipinski definition) is 0. The number of hydrogen-bond acceptors (Lipinski definition) is 1. The van der Waals surface area contributed by atoms with E-state index in [9.17, 15) is 4.79 Å². The maximum absolute atomic E-state index is 10.6. The zero-order valence-corrected chi connectivity index (χ0v) is 21.5. The predicted molar refractivity (Wildman–Crippen MR) is 137 cm³/mol. The lowest BCUT2D eigenvalue weighted by molar-refractivity contribution is -0.108. The van der Waals surface area contributed by atoms with Gasteiger partial charge in [0.15, 0.2) is 0 Å². The van der Waals surface area contributed by atoms with E-state index in [-0.39, 0.29) is 0 Å². The van der Waals surface area contributed by atoms with Crippen molar-refractivity contribution in [3.05, 3.63) is 0 Å². The van der Waals surface area contributed by atoms with Gasteiger partial charge in [-0.05, 0) is 73.0 Å². The fourth-order valence-corrected chi connectivity index (χ4v) is 8.44. The molecule has 1 nitrogen and oxygen atoms in total. The molecule has 1 heteroatoms. The Labute approximate surface area is 200 Å². The van der Waals surface area contributed by atoms with Crippen molar-refractivity contribution in [1.82, 2.24) is 0 Å². The SMILES string of the molecule is CC1CCC(CC2CCC(CC3CCC(CC4CCC(CCC=O)CC4)CC3)CC2)CC1. The van der Waals surface area contributed by atoms with E-state index in [0.717, 1.165) is 66.5 Å². The Kier molecular flexibility index (Phi) is 10.0. The first-order valence-electron chi connectivity index (χ1n) is 15.1. The number of carbonyl (C=O) groups is 1. The molecule has 0 heterocycles. The molecule has 0 aromatic rings. The van der Waals surface area contributed by atoms with Gasteiger partial charge >= 0.3 is 0 Å². The highest BCUT2D eigenvalue weighted by Gasteiger charge is 2.30. The summed E-state index contributed by atoms with van der Waals surface area (Å²) in [6, 6.07) is 0. The van der Waals surface area contributed by atoms with Crippen molar-refractivity contribution in [2.45, 2.75) is 142 Å². The van der Waals surface area contributed by atoms with Crippen molar-refractivity contribution in [2.24, 2.45) is 47.3 Å². The number of carbonyl (C=O) groups excluding carboxylic acids is 1. The lowest BCUT2D eigenvalue weighted by atomic mass is 9.69. The molecule has 4 rings (SSSR count). The van der Waals surface area contributed by atoms with Gasteiger partial charge in [0.2, 0.25) is 0 Å². The standard InChI is InChI=1S/C31H54O/c1-24-4-6-26(7-5-24)21-28-12-14-30(15-13-28)23-31-18-16-29(17-19-31)22-27-10-8-25(9-11-27)3-2-20-32/h20,24-31H,2-19,21-23H2,1H3. The van der Waals surface area contributed by atoms with Crippen molar-refractivity contribution in [1.29, 1.82) is 0 Å². The van der Waals surface area contributed by atoms with E-state index in [4.69, 9.17) is 0 Å². The molecule has 0 radical (unpaired) electrons. The summed E-state index contributed by atoms with van der Waals surface area (Å²) in [5, 5.41) is 0. The van der Waals surface area contributed by atoms with E-state index in [0.29, 0.717) is 0 Å².